The molecule has 154 valence electrons. The molecule has 3 rings (SSSR count). The van der Waals surface area contributed by atoms with Gasteiger partial charge in [-0.05, 0) is 49.4 Å². The molecule has 0 saturated heterocycles. The molecule has 0 atom stereocenters. The summed E-state index contributed by atoms with van der Waals surface area (Å²) >= 11 is 1.11. The molecule has 0 aliphatic heterocycles. The number of hydrogen-bond acceptors (Lipinski definition) is 6. The normalized spacial score (nSPS) is 11.9. The summed E-state index contributed by atoms with van der Waals surface area (Å²) in [6, 6.07) is 10.1. The predicted molar refractivity (Wildman–Crippen MR) is 110 cm³/mol. The number of benzene rings is 2. The Morgan fingerprint density at radius 1 is 1.17 bits per heavy atom. The summed E-state index contributed by atoms with van der Waals surface area (Å²) in [6.45, 7) is 2.27. The van der Waals surface area contributed by atoms with Crippen LogP contribution in [0.4, 0.5) is 10.1 Å². The van der Waals surface area contributed by atoms with Crippen LogP contribution in [-0.4, -0.2) is 50.0 Å². The number of hydrogen-bond donors (Lipinski definition) is 0. The number of thioether (sulfide) groups is 1. The van der Waals surface area contributed by atoms with E-state index in [1.807, 2.05) is 6.92 Å². The zero-order chi connectivity index (χ0) is 21.2. The van der Waals surface area contributed by atoms with E-state index in [1.54, 1.807) is 18.2 Å². The van der Waals surface area contributed by atoms with Gasteiger partial charge in [0.15, 0.2) is 5.58 Å². The highest BCUT2D eigenvalue weighted by atomic mass is 32.2. The Kier molecular flexibility index (Phi) is 6.25. The molecule has 0 N–H and O–H groups in total. The Morgan fingerprint density at radius 3 is 2.48 bits per heavy atom. The van der Waals surface area contributed by atoms with E-state index in [0.29, 0.717) is 23.3 Å². The molecule has 2 aromatic carbocycles. The molecule has 0 aliphatic rings. The highest BCUT2D eigenvalue weighted by Gasteiger charge is 2.20. The van der Waals surface area contributed by atoms with Crippen LogP contribution in [-0.2, 0) is 14.8 Å². The molecule has 0 bridgehead atoms. The number of aromatic nitrogens is 1. The van der Waals surface area contributed by atoms with Crippen molar-refractivity contribution in [3.63, 3.8) is 0 Å². The fourth-order valence-electron chi connectivity index (χ4n) is 2.64. The molecular formula is C19H20FN3O4S2. The molecule has 7 nitrogen and oxygen atoms in total. The number of oxazole rings is 1. The highest BCUT2D eigenvalue weighted by molar-refractivity contribution is 7.99. The minimum atomic E-state index is -3.58. The number of carbonyl (C=O) groups is 1. The van der Waals surface area contributed by atoms with Crippen molar-refractivity contribution in [2.45, 2.75) is 17.0 Å². The molecule has 3 aromatic rings. The van der Waals surface area contributed by atoms with Gasteiger partial charge in [-0.25, -0.2) is 22.1 Å². The van der Waals surface area contributed by atoms with E-state index in [2.05, 4.69) is 4.98 Å². The molecule has 0 aliphatic carbocycles. The van der Waals surface area contributed by atoms with Crippen molar-refractivity contribution in [2.75, 3.05) is 31.3 Å². The minimum Gasteiger partial charge on any atom is -0.431 e. The first-order valence-electron chi connectivity index (χ1n) is 8.74. The van der Waals surface area contributed by atoms with Crippen LogP contribution in [0.3, 0.4) is 0 Å². The van der Waals surface area contributed by atoms with Crippen molar-refractivity contribution in [1.82, 2.24) is 9.29 Å². The number of anilines is 1. The molecule has 0 radical (unpaired) electrons. The van der Waals surface area contributed by atoms with Gasteiger partial charge in [-0.2, -0.15) is 0 Å². The van der Waals surface area contributed by atoms with Gasteiger partial charge in [0.2, 0.25) is 15.9 Å². The number of nitrogens with zero attached hydrogens (tertiary/aromatic N) is 3. The lowest BCUT2D eigenvalue weighted by Gasteiger charge is -2.20. The van der Waals surface area contributed by atoms with Crippen molar-refractivity contribution >= 4 is 44.5 Å². The monoisotopic (exact) mass is 437 g/mol. The molecule has 0 unspecified atom stereocenters. The summed E-state index contributed by atoms with van der Waals surface area (Å²) in [5, 5.41) is 0.267. The van der Waals surface area contributed by atoms with Gasteiger partial charge in [0.05, 0.1) is 10.6 Å². The van der Waals surface area contributed by atoms with Crippen molar-refractivity contribution in [2.24, 2.45) is 0 Å². The Hall–Kier alpha value is -2.43. The number of halogens is 1. The van der Waals surface area contributed by atoms with Crippen LogP contribution in [0.15, 0.2) is 57.0 Å². The third-order valence-electron chi connectivity index (χ3n) is 4.19. The third kappa shape index (κ3) is 4.60. The van der Waals surface area contributed by atoms with Crippen molar-refractivity contribution in [3.8, 4) is 0 Å². The Balaban J connectivity index is 1.74. The average Bonchev–Trinajstić information content (AvgIpc) is 3.10. The first kappa shape index (κ1) is 21.3. The van der Waals surface area contributed by atoms with E-state index >= 15 is 0 Å². The van der Waals surface area contributed by atoms with Crippen molar-refractivity contribution in [3.05, 3.63) is 48.3 Å². The van der Waals surface area contributed by atoms with E-state index < -0.39 is 10.0 Å². The highest BCUT2D eigenvalue weighted by Crippen LogP contribution is 2.27. The summed E-state index contributed by atoms with van der Waals surface area (Å²) in [6.07, 6.45) is 0. The van der Waals surface area contributed by atoms with E-state index in [-0.39, 0.29) is 27.6 Å². The zero-order valence-electron chi connectivity index (χ0n) is 16.1. The fourth-order valence-corrected chi connectivity index (χ4v) is 4.28. The Morgan fingerprint density at radius 2 is 1.86 bits per heavy atom. The van der Waals surface area contributed by atoms with Crippen LogP contribution >= 0.6 is 11.8 Å². The largest absolute Gasteiger partial charge is 0.431 e. The first-order valence-corrected chi connectivity index (χ1v) is 11.2. The standard InChI is InChI=1S/C19H20FN3O4S2/c1-4-23(14-7-5-13(20)6-8-14)18(24)12-28-19-21-16-11-15(9-10-17(16)27-19)29(25,26)22(2)3/h5-11H,4,12H2,1-3H3. The molecule has 1 aromatic heterocycles. The van der Waals surface area contributed by atoms with Gasteiger partial charge in [0.25, 0.3) is 5.22 Å². The molecule has 10 heteroatoms. The Labute approximate surface area is 172 Å². The minimum absolute atomic E-state index is 0.0703. The van der Waals surface area contributed by atoms with Gasteiger partial charge in [0.1, 0.15) is 11.3 Å². The second-order valence-corrected chi connectivity index (χ2v) is 9.38. The molecule has 0 saturated carbocycles. The van der Waals surface area contributed by atoms with Gasteiger partial charge < -0.3 is 9.32 Å². The van der Waals surface area contributed by atoms with Gasteiger partial charge in [-0.1, -0.05) is 11.8 Å². The fraction of sp³-hybridized carbons (Fsp3) is 0.263. The summed E-state index contributed by atoms with van der Waals surface area (Å²) < 4.78 is 44.3. The summed E-state index contributed by atoms with van der Waals surface area (Å²) in [4.78, 5) is 18.5. The van der Waals surface area contributed by atoms with E-state index in [4.69, 9.17) is 4.42 Å². The molecular weight excluding hydrogens is 417 g/mol. The number of sulfonamides is 1. The molecule has 0 fully saturated rings. The van der Waals surface area contributed by atoms with Crippen LogP contribution < -0.4 is 4.90 Å². The Bertz CT molecular complexity index is 1130. The van der Waals surface area contributed by atoms with Crippen LogP contribution in [0.1, 0.15) is 6.92 Å². The van der Waals surface area contributed by atoms with Crippen molar-refractivity contribution in [1.29, 1.82) is 0 Å². The third-order valence-corrected chi connectivity index (χ3v) is 6.82. The SMILES string of the molecule is CCN(C(=O)CSc1nc2cc(S(=O)(=O)N(C)C)ccc2o1)c1ccc(F)cc1. The summed E-state index contributed by atoms with van der Waals surface area (Å²) in [7, 11) is -0.667. The molecule has 1 amide bonds. The predicted octanol–water partition coefficient (Wildman–Crippen LogP) is 3.36. The second-order valence-electron chi connectivity index (χ2n) is 6.30. The lowest BCUT2D eigenvalue weighted by molar-refractivity contribution is -0.116. The maximum absolute atomic E-state index is 13.1. The number of fused-ring (bicyclic) bond motifs is 1. The van der Waals surface area contributed by atoms with Crippen LogP contribution in [0.25, 0.3) is 11.1 Å². The van der Waals surface area contributed by atoms with E-state index in [1.165, 1.54) is 43.3 Å². The lowest BCUT2D eigenvalue weighted by atomic mass is 10.3. The lowest BCUT2D eigenvalue weighted by Crippen LogP contribution is -2.32. The van der Waals surface area contributed by atoms with Gasteiger partial charge in [-0.15, -0.1) is 0 Å². The van der Waals surface area contributed by atoms with Gasteiger partial charge in [-0.3, -0.25) is 4.79 Å². The molecule has 29 heavy (non-hydrogen) atoms. The first-order chi connectivity index (χ1) is 13.7. The van der Waals surface area contributed by atoms with Crippen LogP contribution in [0.5, 0.6) is 0 Å². The smallest absolute Gasteiger partial charge is 0.257 e. The molecule has 0 spiro atoms. The quantitative estimate of drug-likeness (QED) is 0.527. The van der Waals surface area contributed by atoms with Gasteiger partial charge in [0, 0.05) is 26.3 Å². The summed E-state index contributed by atoms with van der Waals surface area (Å²) in [5.41, 5.74) is 1.44. The van der Waals surface area contributed by atoms with E-state index in [9.17, 15) is 17.6 Å². The second kappa shape index (κ2) is 8.52. The average molecular weight is 438 g/mol. The maximum Gasteiger partial charge on any atom is 0.257 e. The molecule has 1 heterocycles. The maximum atomic E-state index is 13.1. The number of rotatable bonds is 7. The topological polar surface area (TPSA) is 83.7 Å². The van der Waals surface area contributed by atoms with E-state index in [0.717, 1.165) is 16.1 Å². The summed E-state index contributed by atoms with van der Waals surface area (Å²) in [5.74, 6) is -0.475. The van der Waals surface area contributed by atoms with Crippen molar-refractivity contribution < 1.29 is 22.0 Å². The van der Waals surface area contributed by atoms with Crippen LogP contribution in [0.2, 0.25) is 0 Å². The number of carbonyl (C=O) groups excluding carboxylic acids is 1. The zero-order valence-corrected chi connectivity index (χ0v) is 17.8. The van der Waals surface area contributed by atoms with Crippen LogP contribution in [0, 0.1) is 5.82 Å². The number of amides is 1. The van der Waals surface area contributed by atoms with Gasteiger partial charge >= 0.3 is 0 Å².